The number of hydrogen-bond donors (Lipinski definition) is 0. The molecule has 0 aliphatic carbocycles. The summed E-state index contributed by atoms with van der Waals surface area (Å²) in [4.78, 5) is 3.89. The second-order valence-electron chi connectivity index (χ2n) is 5.77. The fourth-order valence-electron chi connectivity index (χ4n) is 3.05. The number of para-hydroxylation sites is 2. The number of aromatic nitrogens is 3. The second kappa shape index (κ2) is 6.51. The minimum absolute atomic E-state index is 0.676. The zero-order chi connectivity index (χ0) is 16.5. The van der Waals surface area contributed by atoms with Crippen molar-refractivity contribution in [2.24, 2.45) is 0 Å². The third-order valence-electron chi connectivity index (χ3n) is 4.30. The van der Waals surface area contributed by atoms with Crippen molar-refractivity contribution in [3.05, 3.63) is 57.3 Å². The van der Waals surface area contributed by atoms with Gasteiger partial charge in [-0.05, 0) is 47.8 Å². The monoisotopic (exact) mass is 358 g/mol. The minimum atomic E-state index is 0.676. The molecule has 0 spiro atoms. The molecule has 0 atom stereocenters. The zero-order valence-corrected chi connectivity index (χ0v) is 15.0. The van der Waals surface area contributed by atoms with Gasteiger partial charge in [0.25, 0.3) is 0 Å². The molecular formula is C17H18N4OS2. The van der Waals surface area contributed by atoms with Crippen molar-refractivity contribution < 1.29 is 4.74 Å². The van der Waals surface area contributed by atoms with Crippen LogP contribution in [0.2, 0.25) is 0 Å². The smallest absolute Gasteiger partial charge is 0.203 e. The predicted molar refractivity (Wildman–Crippen MR) is 97.4 cm³/mol. The van der Waals surface area contributed by atoms with Gasteiger partial charge in [-0.25, -0.2) is 4.68 Å². The van der Waals surface area contributed by atoms with Crippen molar-refractivity contribution >= 4 is 23.6 Å². The summed E-state index contributed by atoms with van der Waals surface area (Å²) in [6.45, 7) is 2.70. The Balaban J connectivity index is 1.58. The standard InChI is InChI=1S/C17H18N4OS2/c1-22-15-5-3-2-4-14(15)20-11-18-21(17(20)23)12-19-8-6-16-13(10-19)7-9-24-16/h2-5,7,9,11H,6,8,10,12H2,1H3. The highest BCUT2D eigenvalue weighted by atomic mass is 32.1. The van der Waals surface area contributed by atoms with Crippen LogP contribution in [0.15, 0.2) is 42.0 Å². The lowest BCUT2D eigenvalue weighted by Crippen LogP contribution is -2.32. The van der Waals surface area contributed by atoms with Gasteiger partial charge in [-0.15, -0.1) is 11.3 Å². The van der Waals surface area contributed by atoms with E-state index in [1.165, 1.54) is 10.4 Å². The first-order valence-corrected chi connectivity index (χ1v) is 9.10. The molecule has 3 aromatic rings. The molecule has 1 aliphatic heterocycles. The molecule has 0 saturated carbocycles. The summed E-state index contributed by atoms with van der Waals surface area (Å²) in [7, 11) is 1.67. The van der Waals surface area contributed by atoms with E-state index in [0.29, 0.717) is 11.4 Å². The number of nitrogens with zero attached hydrogens (tertiary/aromatic N) is 4. The molecule has 2 aromatic heterocycles. The molecule has 5 nitrogen and oxygen atoms in total. The van der Waals surface area contributed by atoms with Crippen LogP contribution in [0.3, 0.4) is 0 Å². The first-order chi connectivity index (χ1) is 11.8. The van der Waals surface area contributed by atoms with E-state index >= 15 is 0 Å². The average molecular weight is 358 g/mol. The number of fused-ring (bicyclic) bond motifs is 1. The number of rotatable bonds is 4. The van der Waals surface area contributed by atoms with E-state index < -0.39 is 0 Å². The van der Waals surface area contributed by atoms with Crippen LogP contribution in [-0.2, 0) is 19.6 Å². The first-order valence-electron chi connectivity index (χ1n) is 7.81. The van der Waals surface area contributed by atoms with Crippen LogP contribution in [0.5, 0.6) is 5.75 Å². The largest absolute Gasteiger partial charge is 0.495 e. The summed E-state index contributed by atoms with van der Waals surface area (Å²) in [6, 6.07) is 10.1. The highest BCUT2D eigenvalue weighted by molar-refractivity contribution is 7.71. The quantitative estimate of drug-likeness (QED) is 0.669. The van der Waals surface area contributed by atoms with Crippen LogP contribution in [0, 0.1) is 4.77 Å². The van der Waals surface area contributed by atoms with E-state index in [2.05, 4.69) is 21.4 Å². The highest BCUT2D eigenvalue weighted by Crippen LogP contribution is 2.25. The molecule has 24 heavy (non-hydrogen) atoms. The number of benzene rings is 1. The molecular weight excluding hydrogens is 340 g/mol. The maximum absolute atomic E-state index is 5.63. The van der Waals surface area contributed by atoms with Gasteiger partial charge >= 0.3 is 0 Å². The van der Waals surface area contributed by atoms with E-state index in [1.54, 1.807) is 13.4 Å². The van der Waals surface area contributed by atoms with Gasteiger partial charge < -0.3 is 4.74 Å². The molecule has 124 valence electrons. The van der Waals surface area contributed by atoms with Crippen molar-refractivity contribution in [1.82, 2.24) is 19.2 Å². The summed E-state index contributed by atoms with van der Waals surface area (Å²) in [6.07, 6.45) is 2.87. The number of hydrogen-bond acceptors (Lipinski definition) is 5. The Bertz CT molecular complexity index is 911. The average Bonchev–Trinajstić information content (AvgIpc) is 3.22. The van der Waals surface area contributed by atoms with Crippen molar-refractivity contribution in [3.8, 4) is 11.4 Å². The molecule has 0 saturated heterocycles. The normalized spacial score (nSPS) is 14.5. The van der Waals surface area contributed by atoms with E-state index in [1.807, 2.05) is 44.9 Å². The molecule has 0 radical (unpaired) electrons. The van der Waals surface area contributed by atoms with Gasteiger partial charge in [-0.2, -0.15) is 5.10 Å². The van der Waals surface area contributed by atoms with Crippen molar-refractivity contribution in [2.45, 2.75) is 19.6 Å². The summed E-state index contributed by atoms with van der Waals surface area (Å²) < 4.78 is 9.88. The van der Waals surface area contributed by atoms with Crippen LogP contribution in [-0.4, -0.2) is 32.9 Å². The maximum atomic E-state index is 5.63. The Morgan fingerprint density at radius 2 is 2.17 bits per heavy atom. The molecule has 3 heterocycles. The lowest BCUT2D eigenvalue weighted by atomic mass is 10.1. The second-order valence-corrected chi connectivity index (χ2v) is 7.13. The van der Waals surface area contributed by atoms with Gasteiger partial charge in [0.05, 0.1) is 19.5 Å². The predicted octanol–water partition coefficient (Wildman–Crippen LogP) is 3.49. The van der Waals surface area contributed by atoms with Gasteiger partial charge in [-0.3, -0.25) is 9.47 Å². The zero-order valence-electron chi connectivity index (χ0n) is 13.4. The Hall–Kier alpha value is -1.96. The third-order valence-corrected chi connectivity index (χ3v) is 5.73. The Labute approximate surface area is 149 Å². The molecule has 0 fully saturated rings. The van der Waals surface area contributed by atoms with Crippen LogP contribution >= 0.6 is 23.6 Å². The Morgan fingerprint density at radius 3 is 3.04 bits per heavy atom. The van der Waals surface area contributed by atoms with Crippen molar-refractivity contribution in [1.29, 1.82) is 0 Å². The fraction of sp³-hybridized carbons (Fsp3) is 0.294. The highest BCUT2D eigenvalue weighted by Gasteiger charge is 2.18. The molecule has 0 N–H and O–H groups in total. The van der Waals surface area contributed by atoms with Gasteiger partial charge in [-0.1, -0.05) is 12.1 Å². The first kappa shape index (κ1) is 15.6. The Morgan fingerprint density at radius 1 is 1.29 bits per heavy atom. The van der Waals surface area contributed by atoms with Gasteiger partial charge in [0, 0.05) is 18.0 Å². The molecule has 0 bridgehead atoms. The number of methoxy groups -OCH3 is 1. The van der Waals surface area contributed by atoms with E-state index in [9.17, 15) is 0 Å². The lowest BCUT2D eigenvalue weighted by Gasteiger charge is -2.26. The van der Waals surface area contributed by atoms with E-state index in [4.69, 9.17) is 17.0 Å². The van der Waals surface area contributed by atoms with Gasteiger partial charge in [0.2, 0.25) is 4.77 Å². The Kier molecular flexibility index (Phi) is 4.22. The van der Waals surface area contributed by atoms with Gasteiger partial charge in [0.15, 0.2) is 0 Å². The van der Waals surface area contributed by atoms with Crippen LogP contribution in [0.4, 0.5) is 0 Å². The van der Waals surface area contributed by atoms with E-state index in [-0.39, 0.29) is 0 Å². The summed E-state index contributed by atoms with van der Waals surface area (Å²) in [5.41, 5.74) is 2.34. The maximum Gasteiger partial charge on any atom is 0.203 e. The summed E-state index contributed by atoms with van der Waals surface area (Å²) in [5.74, 6) is 0.786. The molecule has 4 rings (SSSR count). The molecule has 7 heteroatoms. The third kappa shape index (κ3) is 2.79. The molecule has 1 aromatic carbocycles. The topological polar surface area (TPSA) is 35.2 Å². The van der Waals surface area contributed by atoms with Crippen LogP contribution in [0.1, 0.15) is 10.4 Å². The SMILES string of the molecule is COc1ccccc1-n1cnn(CN2CCc3sccc3C2)c1=S. The van der Waals surface area contributed by atoms with Crippen LogP contribution < -0.4 is 4.74 Å². The molecule has 0 unspecified atom stereocenters. The number of thiophene rings is 1. The summed E-state index contributed by atoms with van der Waals surface area (Å²) >= 11 is 7.48. The van der Waals surface area contributed by atoms with Crippen molar-refractivity contribution in [2.75, 3.05) is 13.7 Å². The lowest BCUT2D eigenvalue weighted by molar-refractivity contribution is 0.189. The fourth-order valence-corrected chi connectivity index (χ4v) is 4.19. The van der Waals surface area contributed by atoms with Crippen molar-refractivity contribution in [3.63, 3.8) is 0 Å². The number of ether oxygens (including phenoxy) is 1. The summed E-state index contributed by atoms with van der Waals surface area (Å²) in [5, 5.41) is 6.66. The van der Waals surface area contributed by atoms with E-state index in [0.717, 1.165) is 30.9 Å². The molecule has 1 aliphatic rings. The van der Waals surface area contributed by atoms with Gasteiger partial charge in [0.1, 0.15) is 12.1 Å². The minimum Gasteiger partial charge on any atom is -0.495 e. The molecule has 0 amide bonds. The van der Waals surface area contributed by atoms with Crippen LogP contribution in [0.25, 0.3) is 5.69 Å².